The molecule has 0 fully saturated rings. The van der Waals surface area contributed by atoms with Crippen LogP contribution in [0.1, 0.15) is 5.56 Å². The first-order valence-corrected chi connectivity index (χ1v) is 6.20. The van der Waals surface area contributed by atoms with Crippen LogP contribution in [0, 0.1) is 0 Å². The molecule has 0 aromatic heterocycles. The molecule has 0 saturated heterocycles. The molecule has 0 aliphatic carbocycles. The van der Waals surface area contributed by atoms with E-state index in [9.17, 15) is 0 Å². The number of benzene rings is 1. The van der Waals surface area contributed by atoms with Crippen molar-refractivity contribution in [3.8, 4) is 5.75 Å². The monoisotopic (exact) mass is 243 g/mol. The van der Waals surface area contributed by atoms with Crippen molar-refractivity contribution in [3.63, 3.8) is 0 Å². The molecule has 0 amide bonds. The second kappa shape index (κ2) is 4.64. The standard InChI is InChI=1S/C14H17N3O/c1-15-14-5-3-11(9-17-14)10-2-4-12-13(8-10)18-7-6-16-12/h2-5,8,15-17H,6-7,9H2,1H3. The summed E-state index contributed by atoms with van der Waals surface area (Å²) >= 11 is 0. The number of hydrogen-bond acceptors (Lipinski definition) is 4. The van der Waals surface area contributed by atoms with E-state index in [-0.39, 0.29) is 0 Å². The van der Waals surface area contributed by atoms with Gasteiger partial charge in [0, 0.05) is 20.1 Å². The van der Waals surface area contributed by atoms with E-state index in [0.717, 1.165) is 37.0 Å². The predicted molar refractivity (Wildman–Crippen MR) is 73.5 cm³/mol. The van der Waals surface area contributed by atoms with E-state index in [1.807, 2.05) is 7.05 Å². The van der Waals surface area contributed by atoms with Crippen LogP contribution >= 0.6 is 0 Å². The summed E-state index contributed by atoms with van der Waals surface area (Å²) in [6, 6.07) is 6.32. The van der Waals surface area contributed by atoms with E-state index in [1.54, 1.807) is 0 Å². The molecule has 94 valence electrons. The summed E-state index contributed by atoms with van der Waals surface area (Å²) in [5, 5.41) is 9.75. The minimum absolute atomic E-state index is 0.734. The molecule has 2 aliphatic rings. The molecule has 0 unspecified atom stereocenters. The smallest absolute Gasteiger partial charge is 0.143 e. The Kier molecular flexibility index (Phi) is 2.84. The molecule has 0 spiro atoms. The Morgan fingerprint density at radius 2 is 2.17 bits per heavy atom. The van der Waals surface area contributed by atoms with Gasteiger partial charge in [0.2, 0.25) is 0 Å². The van der Waals surface area contributed by atoms with Gasteiger partial charge in [-0.1, -0.05) is 12.1 Å². The minimum atomic E-state index is 0.734. The number of hydrogen-bond donors (Lipinski definition) is 3. The Morgan fingerprint density at radius 1 is 1.22 bits per heavy atom. The van der Waals surface area contributed by atoms with Gasteiger partial charge in [-0.15, -0.1) is 0 Å². The molecule has 3 N–H and O–H groups in total. The molecule has 0 saturated carbocycles. The highest BCUT2D eigenvalue weighted by Gasteiger charge is 2.12. The van der Waals surface area contributed by atoms with Crippen LogP contribution in [0.2, 0.25) is 0 Å². The summed E-state index contributed by atoms with van der Waals surface area (Å²) in [4.78, 5) is 0. The Hall–Kier alpha value is -2.10. The van der Waals surface area contributed by atoms with Crippen molar-refractivity contribution >= 4 is 11.3 Å². The summed E-state index contributed by atoms with van der Waals surface area (Å²) in [6.45, 7) is 2.45. The quantitative estimate of drug-likeness (QED) is 0.737. The van der Waals surface area contributed by atoms with Gasteiger partial charge >= 0.3 is 0 Å². The van der Waals surface area contributed by atoms with Crippen LogP contribution in [0.25, 0.3) is 5.57 Å². The van der Waals surface area contributed by atoms with E-state index < -0.39 is 0 Å². The fourth-order valence-electron chi connectivity index (χ4n) is 2.20. The molecule has 2 heterocycles. The Morgan fingerprint density at radius 3 is 2.94 bits per heavy atom. The zero-order chi connectivity index (χ0) is 12.4. The van der Waals surface area contributed by atoms with Crippen LogP contribution in [-0.4, -0.2) is 26.7 Å². The maximum Gasteiger partial charge on any atom is 0.143 e. The van der Waals surface area contributed by atoms with Crippen LogP contribution in [0.15, 0.2) is 36.2 Å². The number of anilines is 1. The van der Waals surface area contributed by atoms with E-state index >= 15 is 0 Å². The van der Waals surface area contributed by atoms with Crippen molar-refractivity contribution in [1.82, 2.24) is 10.6 Å². The fraction of sp³-hybridized carbons (Fsp3) is 0.286. The minimum Gasteiger partial charge on any atom is -0.490 e. The second-order valence-electron chi connectivity index (χ2n) is 4.36. The molecule has 0 atom stereocenters. The van der Waals surface area contributed by atoms with Gasteiger partial charge in [-0.2, -0.15) is 0 Å². The van der Waals surface area contributed by atoms with E-state index in [4.69, 9.17) is 4.74 Å². The molecule has 4 heteroatoms. The lowest BCUT2D eigenvalue weighted by molar-refractivity contribution is 0.323. The van der Waals surface area contributed by atoms with Gasteiger partial charge in [-0.05, 0) is 29.3 Å². The van der Waals surface area contributed by atoms with E-state index in [1.165, 1.54) is 11.1 Å². The van der Waals surface area contributed by atoms with Gasteiger partial charge < -0.3 is 20.7 Å². The first-order chi connectivity index (χ1) is 8.86. The Labute approximate surface area is 107 Å². The lowest BCUT2D eigenvalue weighted by Crippen LogP contribution is -2.27. The zero-order valence-corrected chi connectivity index (χ0v) is 10.4. The lowest BCUT2D eigenvalue weighted by atomic mass is 10.0. The summed E-state index contributed by atoms with van der Waals surface area (Å²) in [5.74, 6) is 2.00. The number of fused-ring (bicyclic) bond motifs is 1. The van der Waals surface area contributed by atoms with Crippen LogP contribution < -0.4 is 20.7 Å². The van der Waals surface area contributed by atoms with Gasteiger partial charge in [0.1, 0.15) is 12.4 Å². The second-order valence-corrected chi connectivity index (χ2v) is 4.36. The Balaban J connectivity index is 1.89. The average Bonchev–Trinajstić information content (AvgIpc) is 2.47. The van der Waals surface area contributed by atoms with Crippen molar-refractivity contribution in [2.24, 2.45) is 0 Å². The van der Waals surface area contributed by atoms with Gasteiger partial charge in [-0.3, -0.25) is 0 Å². The first-order valence-electron chi connectivity index (χ1n) is 6.20. The normalized spacial score (nSPS) is 17.4. The highest BCUT2D eigenvalue weighted by molar-refractivity contribution is 5.74. The summed E-state index contributed by atoms with van der Waals surface area (Å²) in [6.07, 6.45) is 4.19. The highest BCUT2D eigenvalue weighted by atomic mass is 16.5. The highest BCUT2D eigenvalue weighted by Crippen LogP contribution is 2.31. The molecule has 18 heavy (non-hydrogen) atoms. The number of dihydropyridines is 1. The topological polar surface area (TPSA) is 45.3 Å². The number of rotatable bonds is 2. The first kappa shape index (κ1) is 11.0. The van der Waals surface area contributed by atoms with Crippen molar-refractivity contribution in [2.75, 3.05) is 32.1 Å². The van der Waals surface area contributed by atoms with Crippen molar-refractivity contribution < 1.29 is 4.74 Å². The predicted octanol–water partition coefficient (Wildman–Crippen LogP) is 1.54. The van der Waals surface area contributed by atoms with Gasteiger partial charge in [-0.25, -0.2) is 0 Å². The van der Waals surface area contributed by atoms with Crippen LogP contribution in [0.4, 0.5) is 5.69 Å². The number of ether oxygens (including phenoxy) is 1. The van der Waals surface area contributed by atoms with Crippen molar-refractivity contribution in [2.45, 2.75) is 0 Å². The molecule has 1 aromatic rings. The SMILES string of the molecule is CNC1=CC=C(c2ccc3c(c2)OCCN3)CN1. The van der Waals surface area contributed by atoms with Crippen LogP contribution in [0.3, 0.4) is 0 Å². The third kappa shape index (κ3) is 2.01. The molecule has 1 aromatic carbocycles. The molecular formula is C14H17N3O. The van der Waals surface area contributed by atoms with Crippen LogP contribution in [-0.2, 0) is 0 Å². The molecule has 4 nitrogen and oxygen atoms in total. The molecule has 0 bridgehead atoms. The zero-order valence-electron chi connectivity index (χ0n) is 10.4. The lowest BCUT2D eigenvalue weighted by Gasteiger charge is -2.21. The van der Waals surface area contributed by atoms with E-state index in [0.29, 0.717) is 0 Å². The fourth-order valence-corrected chi connectivity index (χ4v) is 2.20. The van der Waals surface area contributed by atoms with Gasteiger partial charge in [0.05, 0.1) is 11.5 Å². The van der Waals surface area contributed by atoms with Crippen molar-refractivity contribution in [3.05, 3.63) is 41.7 Å². The maximum atomic E-state index is 5.66. The molecular weight excluding hydrogens is 226 g/mol. The third-order valence-electron chi connectivity index (χ3n) is 3.22. The van der Waals surface area contributed by atoms with Gasteiger partial charge in [0.15, 0.2) is 0 Å². The largest absolute Gasteiger partial charge is 0.490 e. The molecule has 2 aliphatic heterocycles. The van der Waals surface area contributed by atoms with Crippen molar-refractivity contribution in [1.29, 1.82) is 0 Å². The third-order valence-corrected chi connectivity index (χ3v) is 3.22. The summed E-state index contributed by atoms with van der Waals surface area (Å²) in [5.41, 5.74) is 3.56. The maximum absolute atomic E-state index is 5.66. The van der Waals surface area contributed by atoms with E-state index in [2.05, 4.69) is 46.3 Å². The molecule has 3 rings (SSSR count). The number of nitrogens with one attached hydrogen (secondary N) is 3. The summed E-state index contributed by atoms with van der Waals surface area (Å²) < 4.78 is 5.66. The van der Waals surface area contributed by atoms with Crippen LogP contribution in [0.5, 0.6) is 5.75 Å². The Bertz CT molecular complexity index is 520. The molecule has 0 radical (unpaired) electrons. The number of allylic oxidation sites excluding steroid dienone is 2. The van der Waals surface area contributed by atoms with Gasteiger partial charge in [0.25, 0.3) is 0 Å². The average molecular weight is 243 g/mol. The summed E-state index contributed by atoms with van der Waals surface area (Å²) in [7, 11) is 1.91.